The molecule has 0 saturated heterocycles. The van der Waals surface area contributed by atoms with E-state index >= 15 is 0 Å². The van der Waals surface area contributed by atoms with E-state index in [9.17, 15) is 4.79 Å². The van der Waals surface area contributed by atoms with Crippen LogP contribution in [0.1, 0.15) is 20.3 Å². The molecule has 0 fully saturated rings. The standard InChI is InChI=1S/C5H14O3Si.C5H10O2S/c1-5-9(6-2,7-3)8-4;1-2-7-5(6)3-4-8/h5H2,1-4H3;8H,2-4H2,1H3. The van der Waals surface area contributed by atoms with Crippen molar-refractivity contribution in [2.45, 2.75) is 26.3 Å². The van der Waals surface area contributed by atoms with E-state index in [2.05, 4.69) is 17.4 Å². The monoisotopic (exact) mass is 284 g/mol. The Morgan fingerprint density at radius 3 is 1.76 bits per heavy atom. The summed E-state index contributed by atoms with van der Waals surface area (Å²) in [7, 11) is 2.65. The van der Waals surface area contributed by atoms with Gasteiger partial charge in [-0.25, -0.2) is 0 Å². The predicted octanol–water partition coefficient (Wildman–Crippen LogP) is 1.75. The first-order valence-corrected chi connectivity index (χ1v) is 8.04. The predicted molar refractivity (Wildman–Crippen MR) is 72.4 cm³/mol. The molecule has 7 heteroatoms. The van der Waals surface area contributed by atoms with Gasteiger partial charge in [0.15, 0.2) is 0 Å². The van der Waals surface area contributed by atoms with Gasteiger partial charge in [-0.2, -0.15) is 12.6 Å². The molecule has 0 spiro atoms. The van der Waals surface area contributed by atoms with Crippen LogP contribution in [0.2, 0.25) is 6.04 Å². The topological polar surface area (TPSA) is 54.0 Å². The molecule has 0 amide bonds. The molecular weight excluding hydrogens is 260 g/mol. The number of hydrogen-bond donors (Lipinski definition) is 1. The van der Waals surface area contributed by atoms with E-state index < -0.39 is 8.80 Å². The second kappa shape index (κ2) is 12.4. The Kier molecular flexibility index (Phi) is 14.0. The summed E-state index contributed by atoms with van der Waals surface area (Å²) in [5, 5.41) is 0. The van der Waals surface area contributed by atoms with Crippen LogP contribution >= 0.6 is 12.6 Å². The second-order valence-corrected chi connectivity index (χ2v) is 6.67. The average Bonchev–Trinajstić information content (AvgIpc) is 2.34. The zero-order chi connectivity index (χ0) is 13.7. The van der Waals surface area contributed by atoms with Crippen LogP contribution in [-0.2, 0) is 22.8 Å². The largest absolute Gasteiger partial charge is 0.499 e. The molecule has 0 atom stereocenters. The molecule has 0 aliphatic heterocycles. The molecule has 0 aliphatic rings. The molecule has 0 heterocycles. The number of hydrogen-bond acceptors (Lipinski definition) is 6. The molecule has 0 unspecified atom stereocenters. The zero-order valence-corrected chi connectivity index (χ0v) is 13.2. The van der Waals surface area contributed by atoms with Gasteiger partial charge in [0.05, 0.1) is 13.0 Å². The van der Waals surface area contributed by atoms with E-state index in [-0.39, 0.29) is 5.97 Å². The van der Waals surface area contributed by atoms with Gasteiger partial charge in [0.25, 0.3) is 0 Å². The second-order valence-electron chi connectivity index (χ2n) is 2.93. The van der Waals surface area contributed by atoms with Crippen molar-refractivity contribution < 1.29 is 22.8 Å². The van der Waals surface area contributed by atoms with Crippen molar-refractivity contribution in [1.29, 1.82) is 0 Å². The molecule has 5 nitrogen and oxygen atoms in total. The third-order valence-electron chi connectivity index (χ3n) is 1.99. The SMILES string of the molecule is CCOC(=O)CCS.CC[Si](OC)(OC)OC. The van der Waals surface area contributed by atoms with E-state index in [1.165, 1.54) is 0 Å². The van der Waals surface area contributed by atoms with E-state index in [0.717, 1.165) is 6.04 Å². The lowest BCUT2D eigenvalue weighted by atomic mass is 10.5. The van der Waals surface area contributed by atoms with Gasteiger partial charge in [-0.3, -0.25) is 4.79 Å². The first-order valence-electron chi connectivity index (χ1n) is 5.47. The van der Waals surface area contributed by atoms with Crippen LogP contribution < -0.4 is 0 Å². The lowest BCUT2D eigenvalue weighted by Crippen LogP contribution is -2.41. The Balaban J connectivity index is 0. The summed E-state index contributed by atoms with van der Waals surface area (Å²) >= 11 is 3.85. The summed E-state index contributed by atoms with van der Waals surface area (Å²) in [4.78, 5) is 10.4. The highest BCUT2D eigenvalue weighted by atomic mass is 32.1. The Morgan fingerprint density at radius 2 is 1.59 bits per heavy atom. The third kappa shape index (κ3) is 9.60. The summed E-state index contributed by atoms with van der Waals surface area (Å²) in [6.07, 6.45) is 0.414. The maximum Gasteiger partial charge on any atom is 0.499 e. The summed E-state index contributed by atoms with van der Waals surface area (Å²) < 4.78 is 19.8. The fourth-order valence-electron chi connectivity index (χ4n) is 1.01. The van der Waals surface area contributed by atoms with E-state index in [1.54, 1.807) is 28.3 Å². The lowest BCUT2D eigenvalue weighted by molar-refractivity contribution is -0.142. The summed E-state index contributed by atoms with van der Waals surface area (Å²) in [6, 6.07) is 0.816. The van der Waals surface area contributed by atoms with Crippen molar-refractivity contribution in [3.05, 3.63) is 0 Å². The van der Waals surface area contributed by atoms with E-state index in [0.29, 0.717) is 18.8 Å². The number of esters is 1. The highest BCUT2D eigenvalue weighted by molar-refractivity contribution is 7.80. The van der Waals surface area contributed by atoms with Gasteiger partial charge in [-0.15, -0.1) is 0 Å². The molecule has 0 aromatic rings. The first-order chi connectivity index (χ1) is 8.05. The van der Waals surface area contributed by atoms with Gasteiger partial charge >= 0.3 is 14.8 Å². The highest BCUT2D eigenvalue weighted by Gasteiger charge is 2.34. The lowest BCUT2D eigenvalue weighted by Gasteiger charge is -2.22. The molecule has 17 heavy (non-hydrogen) atoms. The molecule has 0 N–H and O–H groups in total. The fourth-order valence-corrected chi connectivity index (χ4v) is 2.56. The quantitative estimate of drug-likeness (QED) is 0.438. The number of thiol groups is 1. The molecule has 0 aliphatic carbocycles. The number of rotatable bonds is 7. The van der Waals surface area contributed by atoms with Crippen LogP contribution in [0.5, 0.6) is 0 Å². The molecule has 0 bridgehead atoms. The average molecular weight is 284 g/mol. The van der Waals surface area contributed by atoms with E-state index in [4.69, 9.17) is 13.3 Å². The number of carbonyl (C=O) groups excluding carboxylic acids is 1. The number of carbonyl (C=O) groups is 1. The smallest absolute Gasteiger partial charge is 0.466 e. The first kappa shape index (κ1) is 19.3. The molecule has 0 aromatic heterocycles. The summed E-state index contributed by atoms with van der Waals surface area (Å²) in [5.74, 6) is 0.404. The van der Waals surface area contributed by atoms with Crippen molar-refractivity contribution in [2.24, 2.45) is 0 Å². The molecule has 0 rings (SSSR count). The number of ether oxygens (including phenoxy) is 1. The van der Waals surface area contributed by atoms with Crippen LogP contribution in [-0.4, -0.2) is 48.5 Å². The van der Waals surface area contributed by atoms with Gasteiger partial charge in [-0.05, 0) is 6.92 Å². The summed E-state index contributed by atoms with van der Waals surface area (Å²) in [5.41, 5.74) is 0. The van der Waals surface area contributed by atoms with Gasteiger partial charge in [0.2, 0.25) is 0 Å². The van der Waals surface area contributed by atoms with Gasteiger partial charge < -0.3 is 18.0 Å². The maximum absolute atomic E-state index is 10.4. The Hall–Kier alpha value is -0.0831. The summed E-state index contributed by atoms with van der Waals surface area (Å²) in [6.45, 7) is 4.24. The zero-order valence-electron chi connectivity index (χ0n) is 11.3. The minimum absolute atomic E-state index is 0.164. The third-order valence-corrected chi connectivity index (χ3v) is 4.94. The van der Waals surface area contributed by atoms with Gasteiger partial charge in [-0.1, -0.05) is 6.92 Å². The molecule has 104 valence electrons. The van der Waals surface area contributed by atoms with E-state index in [1.807, 2.05) is 6.92 Å². The van der Waals surface area contributed by atoms with Crippen molar-refractivity contribution >= 4 is 27.4 Å². The Labute approximate surface area is 111 Å². The van der Waals surface area contributed by atoms with Gasteiger partial charge in [0, 0.05) is 33.1 Å². The normalized spacial score (nSPS) is 10.5. The molecule has 0 saturated carbocycles. The molecule has 0 aromatic carbocycles. The minimum atomic E-state index is -2.19. The van der Waals surface area contributed by atoms with Crippen LogP contribution in [0.25, 0.3) is 0 Å². The van der Waals surface area contributed by atoms with Crippen molar-refractivity contribution in [3.63, 3.8) is 0 Å². The molecular formula is C10H24O5SSi. The fraction of sp³-hybridized carbons (Fsp3) is 0.900. The Morgan fingerprint density at radius 1 is 1.12 bits per heavy atom. The minimum Gasteiger partial charge on any atom is -0.466 e. The highest BCUT2D eigenvalue weighted by Crippen LogP contribution is 2.10. The van der Waals surface area contributed by atoms with Crippen molar-refractivity contribution in [3.8, 4) is 0 Å². The van der Waals surface area contributed by atoms with Crippen LogP contribution in [0.4, 0.5) is 0 Å². The maximum atomic E-state index is 10.4. The van der Waals surface area contributed by atoms with Crippen LogP contribution in [0, 0.1) is 0 Å². The Bertz CT molecular complexity index is 162. The molecule has 0 radical (unpaired) electrons. The van der Waals surface area contributed by atoms with Crippen LogP contribution in [0.15, 0.2) is 0 Å². The van der Waals surface area contributed by atoms with Crippen molar-refractivity contribution in [2.75, 3.05) is 33.7 Å². The van der Waals surface area contributed by atoms with Gasteiger partial charge in [0.1, 0.15) is 0 Å². The van der Waals surface area contributed by atoms with Crippen molar-refractivity contribution in [1.82, 2.24) is 0 Å². The van der Waals surface area contributed by atoms with Crippen LogP contribution in [0.3, 0.4) is 0 Å².